The van der Waals surface area contributed by atoms with Gasteiger partial charge in [0.2, 0.25) is 5.91 Å². The summed E-state index contributed by atoms with van der Waals surface area (Å²) in [4.78, 5) is 50.7. The van der Waals surface area contributed by atoms with Gasteiger partial charge < -0.3 is 19.7 Å². The monoisotopic (exact) mass is 377 g/mol. The van der Waals surface area contributed by atoms with Gasteiger partial charge in [0.25, 0.3) is 11.5 Å². The summed E-state index contributed by atoms with van der Waals surface area (Å²) in [7, 11) is 3.80. The molecule has 0 aliphatic carbocycles. The van der Waals surface area contributed by atoms with E-state index in [0.29, 0.717) is 59.2 Å². The number of aromatic nitrogens is 2. The highest BCUT2D eigenvalue weighted by Gasteiger charge is 2.27. The van der Waals surface area contributed by atoms with Crippen molar-refractivity contribution in [1.82, 2.24) is 24.7 Å². The SMILES string of the molecule is CC(=O)N1CCN(C(=O)c2sc3nc(CN(C)C)[nH]c(=O)c3c2C)CC1. The molecule has 26 heavy (non-hydrogen) atoms. The average Bonchev–Trinajstić information content (AvgIpc) is 2.90. The van der Waals surface area contributed by atoms with Gasteiger partial charge in [0.1, 0.15) is 10.7 Å². The first-order chi connectivity index (χ1) is 12.3. The van der Waals surface area contributed by atoms with Gasteiger partial charge >= 0.3 is 0 Å². The van der Waals surface area contributed by atoms with Gasteiger partial charge in [-0.05, 0) is 26.6 Å². The van der Waals surface area contributed by atoms with Gasteiger partial charge in [-0.1, -0.05) is 0 Å². The van der Waals surface area contributed by atoms with Crippen LogP contribution in [-0.4, -0.2) is 76.8 Å². The minimum absolute atomic E-state index is 0.0271. The van der Waals surface area contributed by atoms with E-state index in [-0.39, 0.29) is 17.4 Å². The van der Waals surface area contributed by atoms with Gasteiger partial charge in [-0.3, -0.25) is 14.4 Å². The molecule has 0 radical (unpaired) electrons. The molecular weight excluding hydrogens is 354 g/mol. The van der Waals surface area contributed by atoms with Crippen LogP contribution >= 0.6 is 11.3 Å². The van der Waals surface area contributed by atoms with E-state index < -0.39 is 0 Å². The number of carbonyl (C=O) groups is 2. The quantitative estimate of drug-likeness (QED) is 0.849. The molecule has 0 aromatic carbocycles. The number of aryl methyl sites for hydroxylation is 1. The fourth-order valence-corrected chi connectivity index (χ4v) is 4.30. The minimum atomic E-state index is -0.207. The number of fused-ring (bicyclic) bond motifs is 1. The first-order valence-corrected chi connectivity index (χ1v) is 9.31. The zero-order valence-corrected chi connectivity index (χ0v) is 16.3. The normalized spacial score (nSPS) is 15.1. The summed E-state index contributed by atoms with van der Waals surface area (Å²) in [6, 6.07) is 0. The van der Waals surface area contributed by atoms with Crippen LogP contribution in [0.3, 0.4) is 0 Å². The first kappa shape index (κ1) is 18.5. The highest BCUT2D eigenvalue weighted by atomic mass is 32.1. The summed E-state index contributed by atoms with van der Waals surface area (Å²) in [5.41, 5.74) is 0.468. The van der Waals surface area contributed by atoms with E-state index in [9.17, 15) is 14.4 Å². The molecular formula is C17H23N5O3S. The maximum atomic E-state index is 12.9. The molecule has 3 heterocycles. The molecule has 1 N–H and O–H groups in total. The number of rotatable bonds is 3. The highest BCUT2D eigenvalue weighted by Crippen LogP contribution is 2.28. The molecule has 1 fully saturated rings. The third-order valence-corrected chi connectivity index (χ3v) is 5.70. The molecule has 2 amide bonds. The van der Waals surface area contributed by atoms with Gasteiger partial charge in [0, 0.05) is 33.1 Å². The number of piperazine rings is 1. The fraction of sp³-hybridized carbons (Fsp3) is 0.529. The summed E-state index contributed by atoms with van der Waals surface area (Å²) in [6.45, 7) is 5.94. The summed E-state index contributed by atoms with van der Waals surface area (Å²) < 4.78 is 0. The number of nitrogens with zero attached hydrogens (tertiary/aromatic N) is 4. The number of carbonyl (C=O) groups excluding carboxylic acids is 2. The lowest BCUT2D eigenvalue weighted by molar-refractivity contribution is -0.130. The molecule has 140 valence electrons. The second kappa shape index (κ2) is 7.16. The summed E-state index contributed by atoms with van der Waals surface area (Å²) in [5.74, 6) is 0.518. The van der Waals surface area contributed by atoms with E-state index in [1.807, 2.05) is 19.0 Å². The molecule has 1 saturated heterocycles. The average molecular weight is 377 g/mol. The number of hydrogen-bond donors (Lipinski definition) is 1. The Bertz CT molecular complexity index is 909. The second-order valence-corrected chi connectivity index (χ2v) is 7.78. The van der Waals surface area contributed by atoms with Crippen molar-refractivity contribution in [2.75, 3.05) is 40.3 Å². The number of aromatic amines is 1. The maximum absolute atomic E-state index is 12.9. The van der Waals surface area contributed by atoms with Crippen LogP contribution in [0.4, 0.5) is 0 Å². The van der Waals surface area contributed by atoms with Crippen LogP contribution < -0.4 is 5.56 Å². The van der Waals surface area contributed by atoms with Crippen molar-refractivity contribution >= 4 is 33.4 Å². The van der Waals surface area contributed by atoms with Crippen LogP contribution in [0.5, 0.6) is 0 Å². The predicted molar refractivity (Wildman–Crippen MR) is 101 cm³/mol. The van der Waals surface area contributed by atoms with Crippen LogP contribution in [0.25, 0.3) is 10.2 Å². The molecule has 0 bridgehead atoms. The highest BCUT2D eigenvalue weighted by molar-refractivity contribution is 7.20. The molecule has 1 aliphatic heterocycles. The third kappa shape index (κ3) is 3.49. The van der Waals surface area contributed by atoms with Crippen LogP contribution in [0.2, 0.25) is 0 Å². The van der Waals surface area contributed by atoms with Gasteiger partial charge in [-0.2, -0.15) is 0 Å². The Morgan fingerprint density at radius 3 is 2.38 bits per heavy atom. The van der Waals surface area contributed by atoms with E-state index in [2.05, 4.69) is 9.97 Å². The van der Waals surface area contributed by atoms with E-state index in [0.717, 1.165) is 0 Å². The van der Waals surface area contributed by atoms with Crippen molar-refractivity contribution in [1.29, 1.82) is 0 Å². The van der Waals surface area contributed by atoms with Gasteiger partial charge in [0.15, 0.2) is 0 Å². The summed E-state index contributed by atoms with van der Waals surface area (Å²) >= 11 is 1.27. The zero-order valence-electron chi connectivity index (χ0n) is 15.5. The lowest BCUT2D eigenvalue weighted by Gasteiger charge is -2.34. The van der Waals surface area contributed by atoms with Gasteiger partial charge in [0.05, 0.1) is 16.8 Å². The van der Waals surface area contributed by atoms with Crippen molar-refractivity contribution in [3.05, 3.63) is 26.6 Å². The molecule has 2 aromatic rings. The molecule has 1 aliphatic rings. The lowest BCUT2D eigenvalue weighted by atomic mass is 10.2. The van der Waals surface area contributed by atoms with Crippen LogP contribution in [0.15, 0.2) is 4.79 Å². The molecule has 0 saturated carbocycles. The number of thiophene rings is 1. The second-order valence-electron chi connectivity index (χ2n) is 6.79. The molecule has 2 aromatic heterocycles. The molecule has 8 nitrogen and oxygen atoms in total. The number of nitrogens with one attached hydrogen (secondary N) is 1. The Morgan fingerprint density at radius 2 is 1.81 bits per heavy atom. The smallest absolute Gasteiger partial charge is 0.264 e. The molecule has 0 atom stereocenters. The Hall–Kier alpha value is -2.26. The minimum Gasteiger partial charge on any atom is -0.339 e. The topological polar surface area (TPSA) is 89.6 Å². The van der Waals surface area contributed by atoms with E-state index >= 15 is 0 Å². The van der Waals surface area contributed by atoms with Gasteiger partial charge in [-0.15, -0.1) is 11.3 Å². The van der Waals surface area contributed by atoms with Crippen molar-refractivity contribution < 1.29 is 9.59 Å². The molecule has 0 unspecified atom stereocenters. The predicted octanol–water partition coefficient (Wildman–Crippen LogP) is 0.659. The fourth-order valence-electron chi connectivity index (χ4n) is 3.13. The number of amides is 2. The lowest BCUT2D eigenvalue weighted by Crippen LogP contribution is -2.50. The maximum Gasteiger partial charge on any atom is 0.264 e. The van der Waals surface area contributed by atoms with E-state index in [1.165, 1.54) is 18.3 Å². The van der Waals surface area contributed by atoms with E-state index in [1.54, 1.807) is 16.7 Å². The standard InChI is InChI=1S/C17H23N5O3S/c1-10-13-15(24)18-12(9-20(3)4)19-16(13)26-14(10)17(25)22-7-5-21(6-8-22)11(2)23/h5-9H2,1-4H3,(H,18,19,24). The zero-order chi connectivity index (χ0) is 19.0. The Kier molecular flexibility index (Phi) is 5.10. The van der Waals surface area contributed by atoms with Crippen LogP contribution in [0, 0.1) is 6.92 Å². The molecule has 9 heteroatoms. The Labute approximate surface area is 155 Å². The van der Waals surface area contributed by atoms with Crippen LogP contribution in [0.1, 0.15) is 28.0 Å². The Morgan fingerprint density at radius 1 is 1.19 bits per heavy atom. The number of hydrogen-bond acceptors (Lipinski definition) is 6. The largest absolute Gasteiger partial charge is 0.339 e. The van der Waals surface area contributed by atoms with Crippen molar-refractivity contribution in [3.63, 3.8) is 0 Å². The Balaban J connectivity index is 1.89. The molecule has 0 spiro atoms. The van der Waals surface area contributed by atoms with Crippen molar-refractivity contribution in [2.24, 2.45) is 0 Å². The summed E-state index contributed by atoms with van der Waals surface area (Å²) in [5, 5.41) is 0.489. The van der Waals surface area contributed by atoms with E-state index in [4.69, 9.17) is 0 Å². The van der Waals surface area contributed by atoms with Crippen LogP contribution in [-0.2, 0) is 11.3 Å². The molecule has 3 rings (SSSR count). The first-order valence-electron chi connectivity index (χ1n) is 8.49. The van der Waals surface area contributed by atoms with Crippen molar-refractivity contribution in [2.45, 2.75) is 20.4 Å². The summed E-state index contributed by atoms with van der Waals surface area (Å²) in [6.07, 6.45) is 0. The number of H-pyrrole nitrogens is 1. The third-order valence-electron chi connectivity index (χ3n) is 4.52. The van der Waals surface area contributed by atoms with Gasteiger partial charge in [-0.25, -0.2) is 4.98 Å². The van der Waals surface area contributed by atoms with Crippen molar-refractivity contribution in [3.8, 4) is 0 Å².